The molecule has 7 heteroatoms. The zero-order valence-electron chi connectivity index (χ0n) is 13.3. The van der Waals surface area contributed by atoms with Gasteiger partial charge in [0.05, 0.1) is 12.2 Å². The largest absolute Gasteiger partial charge is 0.494 e. The smallest absolute Gasteiger partial charge is 0.230 e. The van der Waals surface area contributed by atoms with Crippen LogP contribution in [0.4, 0.5) is 11.9 Å². The molecule has 1 heterocycles. The standard InChI is InChI=1S/C16H18N6O/c1-4-23-13-7-5-11(6-8-13)9-12(10-17)14-19-15(18)21-16(20-14)22(2)3/h5-9H,4H2,1-3H3,(H2,18,19,20,21)/b12-9-. The fourth-order valence-electron chi connectivity index (χ4n) is 1.84. The first-order chi connectivity index (χ1) is 11.0. The van der Waals surface area contributed by atoms with Crippen LogP contribution in [0.5, 0.6) is 5.75 Å². The van der Waals surface area contributed by atoms with E-state index in [1.54, 1.807) is 25.1 Å². The summed E-state index contributed by atoms with van der Waals surface area (Å²) in [7, 11) is 3.58. The molecule has 0 saturated heterocycles. The number of anilines is 2. The topological polar surface area (TPSA) is 101 Å². The Hall–Kier alpha value is -3.14. The van der Waals surface area contributed by atoms with Gasteiger partial charge in [-0.15, -0.1) is 0 Å². The van der Waals surface area contributed by atoms with Gasteiger partial charge in [0.2, 0.25) is 11.9 Å². The van der Waals surface area contributed by atoms with E-state index in [-0.39, 0.29) is 11.8 Å². The Labute approximate surface area is 135 Å². The minimum absolute atomic E-state index is 0.0755. The van der Waals surface area contributed by atoms with E-state index in [1.165, 1.54) is 0 Å². The molecular formula is C16H18N6O. The molecule has 118 valence electrons. The number of hydrogen-bond acceptors (Lipinski definition) is 7. The number of rotatable bonds is 5. The van der Waals surface area contributed by atoms with Crippen molar-refractivity contribution in [3.8, 4) is 11.8 Å². The number of nitrogen functional groups attached to an aromatic ring is 1. The van der Waals surface area contributed by atoms with Crippen molar-refractivity contribution in [1.82, 2.24) is 15.0 Å². The fraction of sp³-hybridized carbons (Fsp3) is 0.250. The highest BCUT2D eigenvalue weighted by atomic mass is 16.5. The van der Waals surface area contributed by atoms with Crippen molar-refractivity contribution in [2.45, 2.75) is 6.92 Å². The van der Waals surface area contributed by atoms with Gasteiger partial charge >= 0.3 is 0 Å². The monoisotopic (exact) mass is 310 g/mol. The molecule has 1 aromatic carbocycles. The Morgan fingerprint density at radius 3 is 2.52 bits per heavy atom. The summed E-state index contributed by atoms with van der Waals surface area (Å²) in [5.41, 5.74) is 6.85. The lowest BCUT2D eigenvalue weighted by Crippen LogP contribution is -2.15. The van der Waals surface area contributed by atoms with Gasteiger partial charge in [-0.3, -0.25) is 0 Å². The summed E-state index contributed by atoms with van der Waals surface area (Å²) in [5.74, 6) is 1.51. The van der Waals surface area contributed by atoms with Gasteiger partial charge in [0, 0.05) is 14.1 Å². The minimum atomic E-state index is 0.0755. The van der Waals surface area contributed by atoms with Crippen molar-refractivity contribution in [1.29, 1.82) is 5.26 Å². The van der Waals surface area contributed by atoms with Crippen molar-refractivity contribution in [2.75, 3.05) is 31.3 Å². The molecule has 2 N–H and O–H groups in total. The summed E-state index contributed by atoms with van der Waals surface area (Å²) in [6.45, 7) is 2.53. The number of aromatic nitrogens is 3. The van der Waals surface area contributed by atoms with Gasteiger partial charge in [0.25, 0.3) is 0 Å². The van der Waals surface area contributed by atoms with Crippen molar-refractivity contribution >= 4 is 23.5 Å². The molecule has 0 aliphatic carbocycles. The predicted molar refractivity (Wildman–Crippen MR) is 89.7 cm³/mol. The van der Waals surface area contributed by atoms with E-state index in [9.17, 15) is 5.26 Å². The molecule has 0 spiro atoms. The van der Waals surface area contributed by atoms with E-state index in [2.05, 4.69) is 21.0 Å². The average Bonchev–Trinajstić information content (AvgIpc) is 2.53. The summed E-state index contributed by atoms with van der Waals surface area (Å²) in [4.78, 5) is 14.0. The van der Waals surface area contributed by atoms with Gasteiger partial charge in [0.15, 0.2) is 5.82 Å². The number of hydrogen-bond donors (Lipinski definition) is 1. The maximum Gasteiger partial charge on any atom is 0.230 e. The van der Waals surface area contributed by atoms with Crippen molar-refractivity contribution < 1.29 is 4.74 Å². The van der Waals surface area contributed by atoms with Gasteiger partial charge in [0.1, 0.15) is 11.8 Å². The molecule has 23 heavy (non-hydrogen) atoms. The third-order valence-electron chi connectivity index (χ3n) is 2.90. The molecule has 2 aromatic rings. The lowest BCUT2D eigenvalue weighted by atomic mass is 10.1. The first-order valence-electron chi connectivity index (χ1n) is 7.07. The zero-order chi connectivity index (χ0) is 16.8. The third-order valence-corrected chi connectivity index (χ3v) is 2.90. The van der Waals surface area contributed by atoms with Crippen LogP contribution in [0.2, 0.25) is 0 Å². The van der Waals surface area contributed by atoms with Crippen molar-refractivity contribution in [2.24, 2.45) is 0 Å². The number of nitriles is 1. The Morgan fingerprint density at radius 1 is 1.26 bits per heavy atom. The first-order valence-corrected chi connectivity index (χ1v) is 7.07. The summed E-state index contributed by atoms with van der Waals surface area (Å²) in [5, 5.41) is 9.40. The fourth-order valence-corrected chi connectivity index (χ4v) is 1.84. The highest BCUT2D eigenvalue weighted by Gasteiger charge is 2.10. The molecule has 0 saturated carbocycles. The molecule has 7 nitrogen and oxygen atoms in total. The van der Waals surface area contributed by atoms with Crippen LogP contribution in [0, 0.1) is 11.3 Å². The number of ether oxygens (including phenoxy) is 1. The van der Waals surface area contributed by atoms with E-state index >= 15 is 0 Å². The minimum Gasteiger partial charge on any atom is -0.494 e. The molecule has 0 amide bonds. The molecule has 0 bridgehead atoms. The van der Waals surface area contributed by atoms with E-state index < -0.39 is 0 Å². The molecule has 2 rings (SSSR count). The molecule has 0 aliphatic rings. The van der Waals surface area contributed by atoms with Crippen LogP contribution >= 0.6 is 0 Å². The van der Waals surface area contributed by atoms with Crippen molar-refractivity contribution in [3.63, 3.8) is 0 Å². The maximum absolute atomic E-state index is 9.40. The third kappa shape index (κ3) is 4.17. The summed E-state index contributed by atoms with van der Waals surface area (Å²) in [6.07, 6.45) is 1.70. The molecular weight excluding hydrogens is 292 g/mol. The van der Waals surface area contributed by atoms with Crippen LogP contribution in [0.3, 0.4) is 0 Å². The lowest BCUT2D eigenvalue weighted by Gasteiger charge is -2.11. The molecule has 0 fully saturated rings. The molecule has 0 unspecified atom stereocenters. The maximum atomic E-state index is 9.40. The second kappa shape index (κ2) is 7.22. The molecule has 0 atom stereocenters. The summed E-state index contributed by atoms with van der Waals surface area (Å²) in [6, 6.07) is 9.51. The SMILES string of the molecule is CCOc1ccc(/C=C(/C#N)c2nc(N)nc(N(C)C)n2)cc1. The normalized spacial score (nSPS) is 11.0. The highest BCUT2D eigenvalue weighted by molar-refractivity contribution is 5.87. The number of allylic oxidation sites excluding steroid dienone is 1. The highest BCUT2D eigenvalue weighted by Crippen LogP contribution is 2.19. The number of nitrogens with two attached hydrogens (primary N) is 1. The number of nitrogens with zero attached hydrogens (tertiary/aromatic N) is 5. The Balaban J connectivity index is 2.37. The Bertz CT molecular complexity index is 746. The average molecular weight is 310 g/mol. The van der Waals surface area contributed by atoms with Gasteiger partial charge in [-0.1, -0.05) is 12.1 Å². The second-order valence-corrected chi connectivity index (χ2v) is 4.88. The van der Waals surface area contributed by atoms with E-state index in [4.69, 9.17) is 10.5 Å². The van der Waals surface area contributed by atoms with E-state index in [0.29, 0.717) is 18.1 Å². The molecule has 1 aromatic heterocycles. The van der Waals surface area contributed by atoms with Gasteiger partial charge in [-0.05, 0) is 30.7 Å². The Kier molecular flexibility index (Phi) is 5.10. The van der Waals surface area contributed by atoms with Gasteiger partial charge in [-0.2, -0.15) is 20.2 Å². The van der Waals surface area contributed by atoms with Crippen LogP contribution in [0.25, 0.3) is 11.6 Å². The van der Waals surface area contributed by atoms with E-state index in [0.717, 1.165) is 11.3 Å². The number of benzene rings is 1. The Morgan fingerprint density at radius 2 is 1.96 bits per heavy atom. The van der Waals surface area contributed by atoms with Crippen LogP contribution in [-0.2, 0) is 0 Å². The van der Waals surface area contributed by atoms with Crippen LogP contribution in [0.15, 0.2) is 24.3 Å². The lowest BCUT2D eigenvalue weighted by molar-refractivity contribution is 0.340. The molecule has 0 radical (unpaired) electrons. The van der Waals surface area contributed by atoms with Crippen LogP contribution in [-0.4, -0.2) is 35.7 Å². The van der Waals surface area contributed by atoms with Crippen LogP contribution in [0.1, 0.15) is 18.3 Å². The van der Waals surface area contributed by atoms with Crippen LogP contribution < -0.4 is 15.4 Å². The van der Waals surface area contributed by atoms with E-state index in [1.807, 2.05) is 31.2 Å². The zero-order valence-corrected chi connectivity index (χ0v) is 13.3. The summed E-state index contributed by atoms with van der Waals surface area (Å²) >= 11 is 0. The van der Waals surface area contributed by atoms with Gasteiger partial charge in [-0.25, -0.2) is 0 Å². The summed E-state index contributed by atoms with van der Waals surface area (Å²) < 4.78 is 5.39. The molecule has 0 aliphatic heterocycles. The first kappa shape index (κ1) is 16.2. The quantitative estimate of drug-likeness (QED) is 0.842. The van der Waals surface area contributed by atoms with Crippen molar-refractivity contribution in [3.05, 3.63) is 35.7 Å². The van der Waals surface area contributed by atoms with Gasteiger partial charge < -0.3 is 15.4 Å². The predicted octanol–water partition coefficient (Wildman–Crippen LogP) is 1.98. The second-order valence-electron chi connectivity index (χ2n) is 4.88.